The second kappa shape index (κ2) is 8.89. The van der Waals surface area contributed by atoms with Gasteiger partial charge in [0.2, 0.25) is 5.91 Å². The number of hydrogen-bond donors (Lipinski definition) is 0. The molecule has 2 aromatic rings. The molecule has 1 amide bonds. The molecule has 5 nitrogen and oxygen atoms in total. The van der Waals surface area contributed by atoms with Gasteiger partial charge in [-0.3, -0.25) is 4.79 Å². The van der Waals surface area contributed by atoms with Crippen molar-refractivity contribution < 1.29 is 17.6 Å². The molecule has 2 unspecified atom stereocenters. The number of aliphatic imine (C=N–C) groups is 1. The Labute approximate surface area is 180 Å². The number of thioether (sulfide) groups is 1. The minimum Gasteiger partial charge on any atom is -0.342 e. The van der Waals surface area contributed by atoms with E-state index in [1.165, 1.54) is 29.5 Å². The van der Waals surface area contributed by atoms with E-state index in [0.717, 1.165) is 12.0 Å². The van der Waals surface area contributed by atoms with E-state index in [-0.39, 0.29) is 34.5 Å². The van der Waals surface area contributed by atoms with Gasteiger partial charge in [0.25, 0.3) is 0 Å². The topological polar surface area (TPSA) is 66.8 Å². The van der Waals surface area contributed by atoms with Gasteiger partial charge in [0.05, 0.1) is 17.5 Å². The van der Waals surface area contributed by atoms with Gasteiger partial charge in [-0.05, 0) is 36.1 Å². The van der Waals surface area contributed by atoms with Crippen LogP contribution in [0.1, 0.15) is 24.0 Å². The van der Waals surface area contributed by atoms with Gasteiger partial charge in [-0.15, -0.1) is 0 Å². The fraction of sp³-hybridized carbons (Fsp3) is 0.364. The molecule has 0 spiro atoms. The van der Waals surface area contributed by atoms with Crippen molar-refractivity contribution in [3.8, 4) is 0 Å². The van der Waals surface area contributed by atoms with Crippen LogP contribution in [-0.2, 0) is 27.6 Å². The molecule has 30 heavy (non-hydrogen) atoms. The predicted molar refractivity (Wildman–Crippen MR) is 118 cm³/mol. The average molecular weight is 447 g/mol. The van der Waals surface area contributed by atoms with Crippen molar-refractivity contribution >= 4 is 32.7 Å². The summed E-state index contributed by atoms with van der Waals surface area (Å²) in [5.74, 6) is -0.352. The van der Waals surface area contributed by atoms with Crippen molar-refractivity contribution in [3.05, 3.63) is 71.5 Å². The summed E-state index contributed by atoms with van der Waals surface area (Å²) < 4.78 is 37.4. The third-order valence-electron chi connectivity index (χ3n) is 5.36. The number of amides is 1. The fourth-order valence-corrected chi connectivity index (χ4v) is 7.83. The second-order valence-electron chi connectivity index (χ2n) is 7.68. The number of carbonyl (C=O) groups excluding carboxylic acids is 1. The van der Waals surface area contributed by atoms with Crippen LogP contribution in [0.2, 0.25) is 0 Å². The smallest absolute Gasteiger partial charge is 0.248 e. The molecule has 4 rings (SSSR count). The van der Waals surface area contributed by atoms with Crippen LogP contribution in [0, 0.1) is 5.82 Å². The number of aryl methyl sites for hydroxylation is 1. The Balaban J connectivity index is 1.45. The number of amidine groups is 1. The van der Waals surface area contributed by atoms with Crippen LogP contribution >= 0.6 is 11.8 Å². The Bertz CT molecular complexity index is 1040. The van der Waals surface area contributed by atoms with Crippen LogP contribution in [0.15, 0.2) is 59.6 Å². The summed E-state index contributed by atoms with van der Waals surface area (Å²) in [4.78, 5) is 18.7. The number of sulfone groups is 1. The number of rotatable bonds is 6. The van der Waals surface area contributed by atoms with Crippen molar-refractivity contribution in [3.63, 3.8) is 0 Å². The molecule has 0 aliphatic carbocycles. The number of halogens is 1. The normalized spacial score (nSPS) is 23.6. The molecule has 2 aromatic carbocycles. The summed E-state index contributed by atoms with van der Waals surface area (Å²) in [7, 11) is -3.10. The van der Waals surface area contributed by atoms with Crippen molar-refractivity contribution in [2.45, 2.75) is 37.1 Å². The Kier molecular flexibility index (Phi) is 6.24. The maximum atomic E-state index is 13.2. The zero-order valence-electron chi connectivity index (χ0n) is 16.4. The summed E-state index contributed by atoms with van der Waals surface area (Å²) >= 11 is 1.37. The molecule has 0 bridgehead atoms. The van der Waals surface area contributed by atoms with Gasteiger partial charge in [-0.1, -0.05) is 54.2 Å². The summed E-state index contributed by atoms with van der Waals surface area (Å²) in [6.45, 7) is 0.403. The molecule has 2 fully saturated rings. The zero-order chi connectivity index (χ0) is 21.1. The van der Waals surface area contributed by atoms with Crippen LogP contribution in [0.25, 0.3) is 0 Å². The molecule has 0 radical (unpaired) electrons. The highest BCUT2D eigenvalue weighted by atomic mass is 32.2. The van der Waals surface area contributed by atoms with E-state index in [9.17, 15) is 17.6 Å². The summed E-state index contributed by atoms with van der Waals surface area (Å²) in [6, 6.07) is 15.9. The third kappa shape index (κ3) is 5.10. The Morgan fingerprint density at radius 2 is 1.80 bits per heavy atom. The van der Waals surface area contributed by atoms with Gasteiger partial charge < -0.3 is 4.90 Å². The molecule has 2 saturated heterocycles. The Morgan fingerprint density at radius 1 is 1.07 bits per heavy atom. The van der Waals surface area contributed by atoms with Gasteiger partial charge >= 0.3 is 0 Å². The lowest BCUT2D eigenvalue weighted by atomic mass is 10.1. The van der Waals surface area contributed by atoms with E-state index in [1.807, 2.05) is 35.2 Å². The minimum absolute atomic E-state index is 0.0626. The SMILES string of the molecule is O=C(CCCc1ccccc1)N=C1SC2CS(=O)(=O)CC2N1Cc1ccc(F)cc1. The summed E-state index contributed by atoms with van der Waals surface area (Å²) in [5, 5.41) is 0.459. The van der Waals surface area contributed by atoms with E-state index < -0.39 is 9.84 Å². The van der Waals surface area contributed by atoms with E-state index >= 15 is 0 Å². The van der Waals surface area contributed by atoms with Crippen molar-refractivity contribution in [1.82, 2.24) is 4.90 Å². The first-order chi connectivity index (χ1) is 14.4. The van der Waals surface area contributed by atoms with E-state index in [1.54, 1.807) is 12.1 Å². The molecule has 2 atom stereocenters. The first-order valence-corrected chi connectivity index (χ1v) is 12.6. The second-order valence-corrected chi connectivity index (χ2v) is 11.0. The van der Waals surface area contributed by atoms with Gasteiger partial charge in [0.15, 0.2) is 15.0 Å². The molecule has 8 heteroatoms. The van der Waals surface area contributed by atoms with E-state index in [0.29, 0.717) is 24.6 Å². The first kappa shape index (κ1) is 21.1. The highest BCUT2D eigenvalue weighted by Gasteiger charge is 2.48. The number of carbonyl (C=O) groups is 1. The van der Waals surface area contributed by atoms with Crippen LogP contribution in [-0.4, -0.2) is 47.2 Å². The lowest BCUT2D eigenvalue weighted by molar-refractivity contribution is -0.117. The molecular weight excluding hydrogens is 423 g/mol. The summed E-state index contributed by atoms with van der Waals surface area (Å²) in [6.07, 6.45) is 1.87. The number of nitrogens with zero attached hydrogens (tertiary/aromatic N) is 2. The zero-order valence-corrected chi connectivity index (χ0v) is 18.0. The largest absolute Gasteiger partial charge is 0.342 e. The highest BCUT2D eigenvalue weighted by Crippen LogP contribution is 2.39. The lowest BCUT2D eigenvalue weighted by Crippen LogP contribution is -2.37. The quantitative estimate of drug-likeness (QED) is 0.680. The van der Waals surface area contributed by atoms with Gasteiger partial charge in [0, 0.05) is 18.2 Å². The third-order valence-corrected chi connectivity index (χ3v) is 8.61. The van der Waals surface area contributed by atoms with Crippen LogP contribution in [0.5, 0.6) is 0 Å². The van der Waals surface area contributed by atoms with Gasteiger partial charge in [-0.25, -0.2) is 12.8 Å². The van der Waals surface area contributed by atoms with Gasteiger partial charge in [-0.2, -0.15) is 4.99 Å². The minimum atomic E-state index is -3.10. The molecule has 2 aliphatic heterocycles. The molecular formula is C22H23FN2O3S2. The lowest BCUT2D eigenvalue weighted by Gasteiger charge is -2.24. The fourth-order valence-electron chi connectivity index (χ4n) is 3.86. The highest BCUT2D eigenvalue weighted by molar-refractivity contribution is 8.15. The first-order valence-electron chi connectivity index (χ1n) is 9.93. The van der Waals surface area contributed by atoms with Gasteiger partial charge in [0.1, 0.15) is 5.82 Å². The summed E-state index contributed by atoms with van der Waals surface area (Å²) in [5.41, 5.74) is 2.04. The number of hydrogen-bond acceptors (Lipinski definition) is 4. The Morgan fingerprint density at radius 3 is 2.53 bits per heavy atom. The molecule has 0 saturated carbocycles. The molecule has 0 N–H and O–H groups in total. The molecule has 2 aliphatic rings. The molecule has 2 heterocycles. The van der Waals surface area contributed by atoms with Crippen LogP contribution < -0.4 is 0 Å². The van der Waals surface area contributed by atoms with Crippen molar-refractivity contribution in [2.75, 3.05) is 11.5 Å². The van der Waals surface area contributed by atoms with E-state index in [2.05, 4.69) is 4.99 Å². The van der Waals surface area contributed by atoms with Crippen molar-refractivity contribution in [2.24, 2.45) is 4.99 Å². The maximum absolute atomic E-state index is 13.2. The Hall–Kier alpha value is -2.19. The monoisotopic (exact) mass is 446 g/mol. The number of fused-ring (bicyclic) bond motifs is 1. The van der Waals surface area contributed by atoms with Crippen molar-refractivity contribution in [1.29, 1.82) is 0 Å². The van der Waals surface area contributed by atoms with E-state index in [4.69, 9.17) is 0 Å². The maximum Gasteiger partial charge on any atom is 0.248 e. The molecule has 158 valence electrons. The predicted octanol–water partition coefficient (Wildman–Crippen LogP) is 3.45. The van der Waals surface area contributed by atoms with Crippen LogP contribution in [0.4, 0.5) is 4.39 Å². The molecule has 0 aromatic heterocycles. The average Bonchev–Trinajstić information content (AvgIpc) is 3.16. The standard InChI is InChI=1S/C22H23FN2O3S2/c23-18-11-9-17(10-12-18)13-25-19-14-30(27,28)15-20(19)29-22(25)24-21(26)8-4-7-16-5-2-1-3-6-16/h1-3,5-6,9-12,19-20H,4,7-8,13-15H2. The van der Waals surface area contributed by atoms with Crippen LogP contribution in [0.3, 0.4) is 0 Å². The number of benzene rings is 2.